The van der Waals surface area contributed by atoms with E-state index in [1.807, 2.05) is 6.92 Å². The molecule has 4 N–H and O–H groups in total. The first-order valence-electron chi connectivity index (χ1n) is 5.90. The lowest BCUT2D eigenvalue weighted by atomic mass is 9.88. The molecule has 1 aliphatic rings. The number of carbonyl (C=O) groups is 1. The third-order valence-electron chi connectivity index (χ3n) is 2.98. The summed E-state index contributed by atoms with van der Waals surface area (Å²) in [6.45, 7) is 4.86. The molecule has 0 aromatic carbocycles. The zero-order valence-electron chi connectivity index (χ0n) is 9.75. The van der Waals surface area contributed by atoms with Crippen molar-refractivity contribution >= 4 is 5.91 Å². The van der Waals surface area contributed by atoms with Gasteiger partial charge in [-0.15, -0.1) is 0 Å². The molecule has 1 unspecified atom stereocenters. The smallest absolute Gasteiger partial charge is 0.221 e. The van der Waals surface area contributed by atoms with Gasteiger partial charge in [-0.3, -0.25) is 4.79 Å². The van der Waals surface area contributed by atoms with Crippen molar-refractivity contribution in [3.8, 4) is 0 Å². The van der Waals surface area contributed by atoms with Gasteiger partial charge in [-0.25, -0.2) is 0 Å². The number of nitrogens with one attached hydrogen (secondary N) is 2. The fraction of sp³-hybridized carbons (Fsp3) is 0.909. The van der Waals surface area contributed by atoms with E-state index in [9.17, 15) is 4.79 Å². The molecule has 4 nitrogen and oxygen atoms in total. The van der Waals surface area contributed by atoms with Gasteiger partial charge in [0.2, 0.25) is 5.91 Å². The van der Waals surface area contributed by atoms with E-state index in [4.69, 9.17) is 5.73 Å². The standard InChI is InChI=1S/C11H23N3O/c1-3-8(2)14-11(15)4-5-13-10-6-9(12)7-10/h8-10,13H,3-7,12H2,1-2H3,(H,14,15). The maximum absolute atomic E-state index is 11.4. The Morgan fingerprint density at radius 2 is 2.20 bits per heavy atom. The van der Waals surface area contributed by atoms with Crippen molar-refractivity contribution < 1.29 is 4.79 Å². The number of hydrogen-bond donors (Lipinski definition) is 3. The normalized spacial score (nSPS) is 26.9. The Morgan fingerprint density at radius 3 is 2.73 bits per heavy atom. The molecule has 0 aliphatic heterocycles. The molecule has 1 rings (SSSR count). The summed E-state index contributed by atoms with van der Waals surface area (Å²) in [5, 5.41) is 6.28. The molecule has 0 heterocycles. The first-order chi connectivity index (χ1) is 7.11. The van der Waals surface area contributed by atoms with Crippen LogP contribution in [-0.2, 0) is 4.79 Å². The van der Waals surface area contributed by atoms with Crippen LogP contribution in [0.1, 0.15) is 39.5 Å². The van der Waals surface area contributed by atoms with Crippen LogP contribution < -0.4 is 16.4 Å². The molecule has 1 saturated carbocycles. The second-order valence-electron chi connectivity index (χ2n) is 4.51. The third-order valence-corrected chi connectivity index (χ3v) is 2.98. The van der Waals surface area contributed by atoms with Gasteiger partial charge in [0, 0.05) is 31.1 Å². The largest absolute Gasteiger partial charge is 0.354 e. The van der Waals surface area contributed by atoms with Gasteiger partial charge in [0.25, 0.3) is 0 Å². The van der Waals surface area contributed by atoms with E-state index in [-0.39, 0.29) is 11.9 Å². The van der Waals surface area contributed by atoms with E-state index in [1.54, 1.807) is 0 Å². The highest BCUT2D eigenvalue weighted by Gasteiger charge is 2.24. The van der Waals surface area contributed by atoms with Crippen LogP contribution >= 0.6 is 0 Å². The lowest BCUT2D eigenvalue weighted by molar-refractivity contribution is -0.121. The minimum Gasteiger partial charge on any atom is -0.354 e. The molecule has 0 bridgehead atoms. The van der Waals surface area contributed by atoms with Gasteiger partial charge in [0.1, 0.15) is 0 Å². The van der Waals surface area contributed by atoms with E-state index >= 15 is 0 Å². The summed E-state index contributed by atoms with van der Waals surface area (Å²) >= 11 is 0. The predicted molar refractivity (Wildman–Crippen MR) is 61.5 cm³/mol. The number of rotatable bonds is 6. The number of hydrogen-bond acceptors (Lipinski definition) is 3. The zero-order valence-corrected chi connectivity index (χ0v) is 9.75. The maximum Gasteiger partial charge on any atom is 0.221 e. The summed E-state index contributed by atoms with van der Waals surface area (Å²) in [4.78, 5) is 11.4. The second kappa shape index (κ2) is 6.08. The first-order valence-corrected chi connectivity index (χ1v) is 5.90. The number of nitrogens with two attached hydrogens (primary N) is 1. The highest BCUT2D eigenvalue weighted by atomic mass is 16.1. The summed E-state index contributed by atoms with van der Waals surface area (Å²) in [5.74, 6) is 0.139. The summed E-state index contributed by atoms with van der Waals surface area (Å²) in [6.07, 6.45) is 3.65. The van der Waals surface area contributed by atoms with Crippen LogP contribution in [0.2, 0.25) is 0 Å². The Kier molecular flexibility index (Phi) is 5.05. The zero-order chi connectivity index (χ0) is 11.3. The van der Waals surface area contributed by atoms with E-state index in [1.165, 1.54) is 0 Å². The first kappa shape index (κ1) is 12.5. The Morgan fingerprint density at radius 1 is 1.53 bits per heavy atom. The predicted octanol–water partition coefficient (Wildman–Crippen LogP) is 0.371. The second-order valence-corrected chi connectivity index (χ2v) is 4.51. The van der Waals surface area contributed by atoms with Gasteiger partial charge in [-0.05, 0) is 26.2 Å². The Bertz CT molecular complexity index is 202. The Labute approximate surface area is 92.0 Å². The number of carbonyl (C=O) groups excluding carboxylic acids is 1. The van der Waals surface area contributed by atoms with E-state index in [0.717, 1.165) is 25.8 Å². The van der Waals surface area contributed by atoms with Gasteiger partial charge >= 0.3 is 0 Å². The van der Waals surface area contributed by atoms with Crippen LogP contribution in [0, 0.1) is 0 Å². The summed E-state index contributed by atoms with van der Waals surface area (Å²) < 4.78 is 0. The van der Waals surface area contributed by atoms with Crippen molar-refractivity contribution in [3.05, 3.63) is 0 Å². The topological polar surface area (TPSA) is 67.2 Å². The lowest BCUT2D eigenvalue weighted by Crippen LogP contribution is -2.49. The van der Waals surface area contributed by atoms with E-state index in [2.05, 4.69) is 17.6 Å². The highest BCUT2D eigenvalue weighted by molar-refractivity contribution is 5.76. The van der Waals surface area contributed by atoms with Crippen LogP contribution in [0.25, 0.3) is 0 Å². The Hall–Kier alpha value is -0.610. The fourth-order valence-corrected chi connectivity index (χ4v) is 1.67. The molecule has 1 amide bonds. The molecule has 88 valence electrons. The summed E-state index contributed by atoms with van der Waals surface area (Å²) in [6, 6.07) is 1.20. The molecule has 0 aromatic rings. The molecule has 1 fully saturated rings. The van der Waals surface area contributed by atoms with Crippen LogP contribution in [0.5, 0.6) is 0 Å². The van der Waals surface area contributed by atoms with E-state index in [0.29, 0.717) is 18.5 Å². The molecule has 4 heteroatoms. The SMILES string of the molecule is CCC(C)NC(=O)CCNC1CC(N)C1. The van der Waals surface area contributed by atoms with Gasteiger partial charge < -0.3 is 16.4 Å². The quantitative estimate of drug-likeness (QED) is 0.597. The van der Waals surface area contributed by atoms with Crippen LogP contribution in [0.15, 0.2) is 0 Å². The molecule has 1 atom stereocenters. The van der Waals surface area contributed by atoms with Crippen molar-refractivity contribution in [2.75, 3.05) is 6.54 Å². The van der Waals surface area contributed by atoms with Crippen molar-refractivity contribution in [1.29, 1.82) is 0 Å². The average molecular weight is 213 g/mol. The fourth-order valence-electron chi connectivity index (χ4n) is 1.67. The number of amides is 1. The molecular formula is C11H23N3O. The lowest BCUT2D eigenvalue weighted by Gasteiger charge is -2.33. The van der Waals surface area contributed by atoms with Crippen molar-refractivity contribution in [2.45, 2.75) is 57.7 Å². The monoisotopic (exact) mass is 213 g/mol. The average Bonchev–Trinajstić information content (AvgIpc) is 2.14. The van der Waals surface area contributed by atoms with Crippen molar-refractivity contribution in [3.63, 3.8) is 0 Å². The summed E-state index contributed by atoms with van der Waals surface area (Å²) in [7, 11) is 0. The van der Waals surface area contributed by atoms with Crippen LogP contribution in [0.3, 0.4) is 0 Å². The van der Waals surface area contributed by atoms with E-state index < -0.39 is 0 Å². The molecule has 0 spiro atoms. The maximum atomic E-state index is 11.4. The molecule has 0 radical (unpaired) electrons. The van der Waals surface area contributed by atoms with Gasteiger partial charge in [-0.1, -0.05) is 6.92 Å². The van der Waals surface area contributed by atoms with Gasteiger partial charge in [0.05, 0.1) is 0 Å². The van der Waals surface area contributed by atoms with Crippen molar-refractivity contribution in [2.24, 2.45) is 5.73 Å². The summed E-state index contributed by atoms with van der Waals surface area (Å²) in [5.41, 5.74) is 5.67. The molecule has 1 aliphatic carbocycles. The van der Waals surface area contributed by atoms with Crippen molar-refractivity contribution in [1.82, 2.24) is 10.6 Å². The molecular weight excluding hydrogens is 190 g/mol. The van der Waals surface area contributed by atoms with Crippen LogP contribution in [-0.4, -0.2) is 30.6 Å². The Balaban J connectivity index is 1.97. The minimum absolute atomic E-state index is 0.139. The highest BCUT2D eigenvalue weighted by Crippen LogP contribution is 2.16. The van der Waals surface area contributed by atoms with Gasteiger partial charge in [0.15, 0.2) is 0 Å². The molecule has 0 aromatic heterocycles. The van der Waals surface area contributed by atoms with Gasteiger partial charge in [-0.2, -0.15) is 0 Å². The third kappa shape index (κ3) is 4.62. The minimum atomic E-state index is 0.139. The molecule has 0 saturated heterocycles. The van der Waals surface area contributed by atoms with Crippen LogP contribution in [0.4, 0.5) is 0 Å². The molecule has 15 heavy (non-hydrogen) atoms.